The quantitative estimate of drug-likeness (QED) is 0.608. The lowest BCUT2D eigenvalue weighted by molar-refractivity contribution is -0.126. The Bertz CT molecular complexity index is 970. The third-order valence-electron chi connectivity index (χ3n) is 4.60. The third-order valence-corrected chi connectivity index (χ3v) is 4.60. The van der Waals surface area contributed by atoms with Gasteiger partial charge in [0.1, 0.15) is 11.6 Å². The lowest BCUT2D eigenvalue weighted by Gasteiger charge is -2.07. The molecule has 0 saturated carbocycles. The van der Waals surface area contributed by atoms with E-state index in [4.69, 9.17) is 4.74 Å². The maximum atomic E-state index is 12.3. The number of ether oxygens (including phenoxy) is 1. The first-order chi connectivity index (χ1) is 13.1. The molecule has 0 unspecified atom stereocenters. The summed E-state index contributed by atoms with van der Waals surface area (Å²) in [7, 11) is 1.48. The second-order valence-corrected chi connectivity index (χ2v) is 6.58. The van der Waals surface area contributed by atoms with Crippen LogP contribution in [-0.2, 0) is 22.4 Å². The first-order valence-corrected chi connectivity index (χ1v) is 8.92. The van der Waals surface area contributed by atoms with Crippen molar-refractivity contribution >= 4 is 22.3 Å². The first kappa shape index (κ1) is 18.6. The smallest absolute Gasteiger partial charge is 0.160 e. The Morgan fingerprint density at radius 2 is 1.74 bits per heavy atom. The maximum Gasteiger partial charge on any atom is 0.160 e. The molecule has 0 aliphatic carbocycles. The lowest BCUT2D eigenvalue weighted by Crippen LogP contribution is -2.11. The zero-order valence-corrected chi connectivity index (χ0v) is 15.3. The van der Waals surface area contributed by atoms with E-state index in [0.717, 1.165) is 21.9 Å². The number of hydrogen-bond donors (Lipinski definition) is 1. The van der Waals surface area contributed by atoms with Crippen LogP contribution in [0.1, 0.15) is 24.0 Å². The van der Waals surface area contributed by atoms with Crippen molar-refractivity contribution in [2.75, 3.05) is 7.11 Å². The van der Waals surface area contributed by atoms with Crippen molar-refractivity contribution in [1.29, 1.82) is 0 Å². The molecule has 1 N–H and O–H groups in total. The van der Waals surface area contributed by atoms with E-state index in [0.29, 0.717) is 12.2 Å². The van der Waals surface area contributed by atoms with Crippen LogP contribution in [0.2, 0.25) is 0 Å². The molecule has 0 amide bonds. The highest BCUT2D eigenvalue weighted by atomic mass is 16.5. The summed E-state index contributed by atoms with van der Waals surface area (Å²) in [5, 5.41) is 11.8. The van der Waals surface area contributed by atoms with E-state index in [1.807, 2.05) is 42.5 Å². The van der Waals surface area contributed by atoms with Gasteiger partial charge in [0.2, 0.25) is 0 Å². The molecular formula is C23H22O4. The zero-order chi connectivity index (χ0) is 19.2. The second-order valence-electron chi connectivity index (χ2n) is 6.58. The molecule has 3 rings (SSSR count). The Balaban J connectivity index is 1.57. The highest BCUT2D eigenvalue weighted by Crippen LogP contribution is 2.27. The van der Waals surface area contributed by atoms with Gasteiger partial charge in [-0.1, -0.05) is 48.5 Å². The molecule has 4 heteroatoms. The molecule has 0 heterocycles. The van der Waals surface area contributed by atoms with Gasteiger partial charge in [-0.05, 0) is 40.5 Å². The minimum atomic E-state index is -0.0766. The van der Waals surface area contributed by atoms with Crippen LogP contribution >= 0.6 is 0 Å². The average Bonchev–Trinajstić information content (AvgIpc) is 2.67. The fourth-order valence-corrected chi connectivity index (χ4v) is 3.19. The monoisotopic (exact) mass is 362 g/mol. The topological polar surface area (TPSA) is 63.6 Å². The second kappa shape index (κ2) is 8.49. The van der Waals surface area contributed by atoms with Crippen LogP contribution < -0.4 is 4.74 Å². The molecule has 0 bridgehead atoms. The molecule has 0 saturated heterocycles. The van der Waals surface area contributed by atoms with Crippen molar-refractivity contribution in [3.05, 3.63) is 71.8 Å². The number of hydrogen-bond acceptors (Lipinski definition) is 4. The predicted octanol–water partition coefficient (Wildman–Crippen LogP) is 4.26. The molecule has 0 aliphatic heterocycles. The molecular weight excluding hydrogens is 340 g/mol. The summed E-state index contributed by atoms with van der Waals surface area (Å²) in [6.45, 7) is 0. The van der Waals surface area contributed by atoms with E-state index in [9.17, 15) is 14.7 Å². The normalized spacial score (nSPS) is 10.7. The Kier molecular flexibility index (Phi) is 5.87. The molecule has 27 heavy (non-hydrogen) atoms. The Morgan fingerprint density at radius 3 is 2.56 bits per heavy atom. The SMILES string of the molecule is COc1cc(CCC(=O)CC(=O)Cc2cccc3ccccc23)ccc1O. The summed E-state index contributed by atoms with van der Waals surface area (Å²) in [5.41, 5.74) is 1.84. The van der Waals surface area contributed by atoms with Gasteiger partial charge in [0.05, 0.1) is 13.5 Å². The van der Waals surface area contributed by atoms with E-state index >= 15 is 0 Å². The van der Waals surface area contributed by atoms with Crippen molar-refractivity contribution in [1.82, 2.24) is 0 Å². The highest BCUT2D eigenvalue weighted by molar-refractivity contribution is 6.01. The molecule has 3 aromatic carbocycles. The summed E-state index contributed by atoms with van der Waals surface area (Å²) >= 11 is 0. The summed E-state index contributed by atoms with van der Waals surface area (Å²) in [6, 6.07) is 18.8. The summed E-state index contributed by atoms with van der Waals surface area (Å²) < 4.78 is 5.07. The standard InChI is InChI=1S/C23H22O4/c1-27-23-13-16(10-12-22(23)26)9-11-19(24)15-20(25)14-18-7-4-6-17-5-2-3-8-21(17)18/h2-8,10,12-13,26H,9,11,14-15H2,1H3. The number of aryl methyl sites for hydroxylation is 1. The van der Waals surface area contributed by atoms with Crippen molar-refractivity contribution < 1.29 is 19.4 Å². The number of phenolic OH excluding ortho intramolecular Hbond substituents is 1. The average molecular weight is 362 g/mol. The fraction of sp³-hybridized carbons (Fsp3) is 0.217. The van der Waals surface area contributed by atoms with Crippen molar-refractivity contribution in [2.45, 2.75) is 25.7 Å². The molecule has 0 spiro atoms. The molecule has 0 radical (unpaired) electrons. The molecule has 4 nitrogen and oxygen atoms in total. The highest BCUT2D eigenvalue weighted by Gasteiger charge is 2.13. The number of fused-ring (bicyclic) bond motifs is 1. The Labute approximate surface area is 158 Å². The molecule has 0 aliphatic rings. The summed E-state index contributed by atoms with van der Waals surface area (Å²) in [5.74, 6) is 0.303. The van der Waals surface area contributed by atoms with Gasteiger partial charge in [-0.25, -0.2) is 0 Å². The van der Waals surface area contributed by atoms with Crippen molar-refractivity contribution in [2.24, 2.45) is 0 Å². The number of Topliss-reactive ketones (excluding diaryl/α,β-unsaturated/α-hetero) is 2. The minimum Gasteiger partial charge on any atom is -0.504 e. The van der Waals surface area contributed by atoms with E-state index in [1.165, 1.54) is 7.11 Å². The Hall–Kier alpha value is -3.14. The zero-order valence-electron chi connectivity index (χ0n) is 15.3. The number of carbonyl (C=O) groups is 2. The van der Waals surface area contributed by atoms with E-state index < -0.39 is 0 Å². The van der Waals surface area contributed by atoms with Crippen LogP contribution in [0.15, 0.2) is 60.7 Å². The van der Waals surface area contributed by atoms with Crippen LogP contribution in [0.5, 0.6) is 11.5 Å². The third kappa shape index (κ3) is 4.73. The number of methoxy groups -OCH3 is 1. The largest absolute Gasteiger partial charge is 0.504 e. The van der Waals surface area contributed by atoms with Crippen LogP contribution in [0, 0.1) is 0 Å². The number of benzene rings is 3. The van der Waals surface area contributed by atoms with Gasteiger partial charge in [-0.3, -0.25) is 9.59 Å². The predicted molar refractivity (Wildman–Crippen MR) is 105 cm³/mol. The van der Waals surface area contributed by atoms with Gasteiger partial charge in [-0.2, -0.15) is 0 Å². The van der Waals surface area contributed by atoms with Gasteiger partial charge in [0.15, 0.2) is 11.5 Å². The van der Waals surface area contributed by atoms with E-state index in [2.05, 4.69) is 0 Å². The van der Waals surface area contributed by atoms with E-state index in [-0.39, 0.29) is 36.6 Å². The minimum absolute atomic E-state index is 0.0571. The van der Waals surface area contributed by atoms with Gasteiger partial charge < -0.3 is 9.84 Å². The van der Waals surface area contributed by atoms with Crippen LogP contribution in [0.4, 0.5) is 0 Å². The number of ketones is 2. The molecule has 0 aromatic heterocycles. The molecule has 0 atom stereocenters. The van der Waals surface area contributed by atoms with Gasteiger partial charge in [-0.15, -0.1) is 0 Å². The number of rotatable bonds is 8. The van der Waals surface area contributed by atoms with Crippen LogP contribution in [0.3, 0.4) is 0 Å². The van der Waals surface area contributed by atoms with Crippen molar-refractivity contribution in [3.8, 4) is 11.5 Å². The summed E-state index contributed by atoms with van der Waals surface area (Å²) in [6.07, 6.45) is 1.00. The lowest BCUT2D eigenvalue weighted by atomic mass is 9.97. The number of aromatic hydroxyl groups is 1. The molecule has 0 fully saturated rings. The number of carbonyl (C=O) groups excluding carboxylic acids is 2. The first-order valence-electron chi connectivity index (χ1n) is 8.92. The fourth-order valence-electron chi connectivity index (χ4n) is 3.19. The van der Waals surface area contributed by atoms with Gasteiger partial charge in [0, 0.05) is 12.8 Å². The molecule has 3 aromatic rings. The van der Waals surface area contributed by atoms with Gasteiger partial charge in [0.25, 0.3) is 0 Å². The summed E-state index contributed by atoms with van der Waals surface area (Å²) in [4.78, 5) is 24.5. The van der Waals surface area contributed by atoms with Crippen LogP contribution in [0.25, 0.3) is 10.8 Å². The van der Waals surface area contributed by atoms with Crippen molar-refractivity contribution in [3.63, 3.8) is 0 Å². The molecule has 138 valence electrons. The van der Waals surface area contributed by atoms with Gasteiger partial charge >= 0.3 is 0 Å². The van der Waals surface area contributed by atoms with E-state index in [1.54, 1.807) is 18.2 Å². The number of phenols is 1. The maximum absolute atomic E-state index is 12.3. The Morgan fingerprint density at radius 1 is 0.963 bits per heavy atom. The van der Waals surface area contributed by atoms with Crippen LogP contribution in [-0.4, -0.2) is 23.8 Å².